The zero-order valence-corrected chi connectivity index (χ0v) is 13.8. The SMILES string of the molecule is O=C(Cc1ccccc1)N=NC1C(=O)N2C(C(=O)O)=C(CO)CSC12. The van der Waals surface area contributed by atoms with Crippen LogP contribution in [0, 0.1) is 0 Å². The molecule has 2 heterocycles. The Morgan fingerprint density at radius 2 is 2.00 bits per heavy atom. The van der Waals surface area contributed by atoms with Crippen molar-refractivity contribution in [3.8, 4) is 0 Å². The molecule has 0 spiro atoms. The predicted molar refractivity (Wildman–Crippen MR) is 88.6 cm³/mol. The maximum Gasteiger partial charge on any atom is 0.352 e. The number of rotatable bonds is 5. The van der Waals surface area contributed by atoms with Crippen LogP contribution in [-0.4, -0.2) is 56.7 Å². The van der Waals surface area contributed by atoms with Crippen LogP contribution < -0.4 is 0 Å². The Kier molecular flexibility index (Phi) is 4.95. The van der Waals surface area contributed by atoms with Crippen molar-refractivity contribution in [2.45, 2.75) is 17.8 Å². The van der Waals surface area contributed by atoms with E-state index in [0.29, 0.717) is 0 Å². The number of amides is 2. The van der Waals surface area contributed by atoms with E-state index in [1.165, 1.54) is 11.8 Å². The van der Waals surface area contributed by atoms with Crippen molar-refractivity contribution >= 4 is 29.5 Å². The van der Waals surface area contributed by atoms with Gasteiger partial charge in [-0.25, -0.2) is 4.79 Å². The standard InChI is InChI=1S/C16H15N3O5S/c20-7-10-8-25-15-12(14(22)19(15)13(10)16(23)24)18-17-11(21)6-9-4-2-1-3-5-9/h1-5,12,15,20H,6-8H2,(H,23,24). The summed E-state index contributed by atoms with van der Waals surface area (Å²) in [6.07, 6.45) is 0.0850. The van der Waals surface area contributed by atoms with E-state index in [-0.39, 0.29) is 23.4 Å². The minimum atomic E-state index is -1.27. The number of carbonyl (C=O) groups excluding carboxylic acids is 2. The second-order valence-electron chi connectivity index (χ2n) is 5.54. The molecule has 2 aliphatic rings. The van der Waals surface area contributed by atoms with Gasteiger partial charge in [0.2, 0.25) is 0 Å². The summed E-state index contributed by atoms with van der Waals surface area (Å²) in [5.41, 5.74) is 0.889. The number of fused-ring (bicyclic) bond motifs is 1. The highest BCUT2D eigenvalue weighted by atomic mass is 32.2. The zero-order chi connectivity index (χ0) is 18.0. The highest BCUT2D eigenvalue weighted by molar-refractivity contribution is 8.00. The van der Waals surface area contributed by atoms with E-state index in [1.807, 2.05) is 18.2 Å². The van der Waals surface area contributed by atoms with Gasteiger partial charge in [0.05, 0.1) is 13.0 Å². The number of benzene rings is 1. The number of hydrogen-bond acceptors (Lipinski definition) is 6. The Hall–Kier alpha value is -2.52. The third-order valence-corrected chi connectivity index (χ3v) is 5.23. The van der Waals surface area contributed by atoms with Crippen LogP contribution in [0.4, 0.5) is 0 Å². The van der Waals surface area contributed by atoms with E-state index in [9.17, 15) is 24.6 Å². The molecule has 2 amide bonds. The molecule has 0 aromatic heterocycles. The molecule has 0 radical (unpaired) electrons. The van der Waals surface area contributed by atoms with Gasteiger partial charge in [-0.3, -0.25) is 14.5 Å². The van der Waals surface area contributed by atoms with Crippen LogP contribution in [0.5, 0.6) is 0 Å². The summed E-state index contributed by atoms with van der Waals surface area (Å²) in [6, 6.07) is 8.17. The summed E-state index contributed by atoms with van der Waals surface area (Å²) >= 11 is 1.29. The van der Waals surface area contributed by atoms with Gasteiger partial charge in [0, 0.05) is 5.75 Å². The number of aliphatic carboxylic acids is 1. The van der Waals surface area contributed by atoms with Crippen LogP contribution in [0.25, 0.3) is 0 Å². The predicted octanol–water partition coefficient (Wildman–Crippen LogP) is 0.823. The van der Waals surface area contributed by atoms with Gasteiger partial charge in [-0.1, -0.05) is 30.3 Å². The van der Waals surface area contributed by atoms with Crippen molar-refractivity contribution in [1.82, 2.24) is 4.90 Å². The highest BCUT2D eigenvalue weighted by Crippen LogP contribution is 2.41. The molecule has 1 aromatic rings. The first-order valence-electron chi connectivity index (χ1n) is 7.51. The Morgan fingerprint density at radius 3 is 2.64 bits per heavy atom. The Labute approximate surface area is 147 Å². The maximum absolute atomic E-state index is 12.2. The van der Waals surface area contributed by atoms with Gasteiger partial charge in [0.25, 0.3) is 11.8 Å². The summed E-state index contributed by atoms with van der Waals surface area (Å²) in [6.45, 7) is -0.424. The van der Waals surface area contributed by atoms with Crippen LogP contribution in [0.3, 0.4) is 0 Å². The first kappa shape index (κ1) is 17.3. The molecule has 2 aliphatic heterocycles. The lowest BCUT2D eigenvalue weighted by Crippen LogP contribution is -2.64. The number of aliphatic hydroxyl groups excluding tert-OH is 1. The van der Waals surface area contributed by atoms with Gasteiger partial charge in [-0.15, -0.1) is 16.9 Å². The van der Waals surface area contributed by atoms with Crippen LogP contribution in [-0.2, 0) is 20.8 Å². The van der Waals surface area contributed by atoms with Gasteiger partial charge < -0.3 is 10.2 Å². The molecule has 8 nitrogen and oxygen atoms in total. The van der Waals surface area contributed by atoms with Crippen molar-refractivity contribution in [1.29, 1.82) is 0 Å². The largest absolute Gasteiger partial charge is 0.477 e. The molecule has 3 rings (SSSR count). The topological polar surface area (TPSA) is 120 Å². The molecule has 0 saturated carbocycles. The molecule has 0 aliphatic carbocycles. The fourth-order valence-corrected chi connectivity index (χ4v) is 4.00. The lowest BCUT2D eigenvalue weighted by atomic mass is 10.0. The van der Waals surface area contributed by atoms with Crippen molar-refractivity contribution in [3.05, 3.63) is 47.2 Å². The highest BCUT2D eigenvalue weighted by Gasteiger charge is 2.54. The summed E-state index contributed by atoms with van der Waals surface area (Å²) in [7, 11) is 0. The molecule has 1 aromatic carbocycles. The molecular weight excluding hydrogens is 346 g/mol. The molecular formula is C16H15N3O5S. The average Bonchev–Trinajstić information content (AvgIpc) is 2.61. The Balaban J connectivity index is 1.68. The lowest BCUT2D eigenvalue weighted by Gasteiger charge is -2.47. The monoisotopic (exact) mass is 361 g/mol. The molecule has 0 bridgehead atoms. The molecule has 25 heavy (non-hydrogen) atoms. The molecule has 1 fully saturated rings. The normalized spacial score (nSPS) is 22.8. The van der Waals surface area contributed by atoms with Gasteiger partial charge in [0.15, 0.2) is 6.04 Å². The summed E-state index contributed by atoms with van der Waals surface area (Å²) in [5, 5.41) is 25.4. The minimum Gasteiger partial charge on any atom is -0.477 e. The van der Waals surface area contributed by atoms with Gasteiger partial charge >= 0.3 is 5.97 Å². The smallest absolute Gasteiger partial charge is 0.352 e. The van der Waals surface area contributed by atoms with E-state index in [2.05, 4.69) is 10.2 Å². The van der Waals surface area contributed by atoms with E-state index in [0.717, 1.165) is 10.5 Å². The van der Waals surface area contributed by atoms with Crippen LogP contribution in [0.2, 0.25) is 0 Å². The average molecular weight is 361 g/mol. The van der Waals surface area contributed by atoms with Crippen LogP contribution >= 0.6 is 11.8 Å². The minimum absolute atomic E-state index is 0.0850. The second-order valence-corrected chi connectivity index (χ2v) is 6.65. The third kappa shape index (κ3) is 3.33. The Morgan fingerprint density at radius 1 is 1.28 bits per heavy atom. The fraction of sp³-hybridized carbons (Fsp3) is 0.312. The number of thioether (sulfide) groups is 1. The first-order chi connectivity index (χ1) is 12.0. The number of azo groups is 1. The number of β-lactam (4-membered cyclic amide) rings is 1. The van der Waals surface area contributed by atoms with Gasteiger partial charge in [0.1, 0.15) is 11.1 Å². The van der Waals surface area contributed by atoms with E-state index < -0.39 is 35.8 Å². The molecule has 1 saturated heterocycles. The number of hydrogen-bond donors (Lipinski definition) is 2. The first-order valence-corrected chi connectivity index (χ1v) is 8.56. The van der Waals surface area contributed by atoms with E-state index in [1.54, 1.807) is 12.1 Å². The quantitative estimate of drug-likeness (QED) is 0.592. The second kappa shape index (κ2) is 7.16. The molecule has 2 N–H and O–H groups in total. The number of aliphatic hydroxyl groups is 1. The van der Waals surface area contributed by atoms with E-state index in [4.69, 9.17) is 0 Å². The van der Waals surface area contributed by atoms with Crippen molar-refractivity contribution < 1.29 is 24.6 Å². The van der Waals surface area contributed by atoms with Crippen molar-refractivity contribution in [2.75, 3.05) is 12.4 Å². The number of carbonyl (C=O) groups is 3. The lowest BCUT2D eigenvalue weighted by molar-refractivity contribution is -0.148. The third-order valence-electron chi connectivity index (χ3n) is 3.90. The number of carboxylic acid groups (broad SMARTS) is 1. The molecule has 9 heteroatoms. The molecule has 130 valence electrons. The molecule has 2 unspecified atom stereocenters. The summed E-state index contributed by atoms with van der Waals surface area (Å²) in [4.78, 5) is 36.5. The summed E-state index contributed by atoms with van der Waals surface area (Å²) < 4.78 is 0. The maximum atomic E-state index is 12.2. The summed E-state index contributed by atoms with van der Waals surface area (Å²) in [5.74, 6) is -1.98. The van der Waals surface area contributed by atoms with E-state index >= 15 is 0 Å². The van der Waals surface area contributed by atoms with Crippen molar-refractivity contribution in [3.63, 3.8) is 0 Å². The molecule has 2 atom stereocenters. The number of nitrogens with zero attached hydrogens (tertiary/aromatic N) is 3. The van der Waals surface area contributed by atoms with Crippen LogP contribution in [0.15, 0.2) is 51.8 Å². The van der Waals surface area contributed by atoms with Gasteiger partial charge in [-0.05, 0) is 11.1 Å². The zero-order valence-electron chi connectivity index (χ0n) is 13.0. The Bertz CT molecular complexity index is 777. The van der Waals surface area contributed by atoms with Gasteiger partial charge in [-0.2, -0.15) is 5.11 Å². The van der Waals surface area contributed by atoms with Crippen LogP contribution in [0.1, 0.15) is 5.56 Å². The fourth-order valence-electron chi connectivity index (χ4n) is 2.69. The number of carboxylic acids is 1. The van der Waals surface area contributed by atoms with Crippen molar-refractivity contribution in [2.24, 2.45) is 10.2 Å².